The van der Waals surface area contributed by atoms with Crippen molar-refractivity contribution in [2.45, 2.75) is 11.1 Å². The molecule has 1 aromatic heterocycles. The Balaban J connectivity index is 2.00. The molecule has 2 aromatic carbocycles. The molecule has 0 aliphatic carbocycles. The maximum absolute atomic E-state index is 13.8. The molecule has 0 amide bonds. The molecule has 2 heterocycles. The summed E-state index contributed by atoms with van der Waals surface area (Å²) in [4.78, 5) is 15.5. The van der Waals surface area contributed by atoms with Crippen LogP contribution in [0.1, 0.15) is 15.9 Å². The van der Waals surface area contributed by atoms with Crippen molar-refractivity contribution < 1.29 is 36.2 Å². The van der Waals surface area contributed by atoms with Gasteiger partial charge in [0.15, 0.2) is 0 Å². The summed E-state index contributed by atoms with van der Waals surface area (Å²) < 4.78 is 74.6. The van der Waals surface area contributed by atoms with E-state index < -0.39 is 43.9 Å². The molecule has 0 spiro atoms. The Morgan fingerprint density at radius 2 is 1.85 bits per heavy atom. The van der Waals surface area contributed by atoms with E-state index in [1.165, 1.54) is 18.2 Å². The molecule has 8 nitrogen and oxygen atoms in total. The molecule has 0 atom stereocenters. The fraction of sp³-hybridized carbons (Fsp3) is 0.238. The molecule has 0 bridgehead atoms. The second-order valence-corrected chi connectivity index (χ2v) is 9.67. The zero-order valence-electron chi connectivity index (χ0n) is 17.3. The van der Waals surface area contributed by atoms with Crippen LogP contribution in [0, 0.1) is 0 Å². The minimum atomic E-state index is -4.92. The highest BCUT2D eigenvalue weighted by molar-refractivity contribution is 7.89. The Bertz CT molecular complexity index is 1380. The largest absolute Gasteiger partial charge is 0.478 e. The number of rotatable bonds is 5. The second kappa shape index (κ2) is 9.02. The van der Waals surface area contributed by atoms with E-state index in [-0.39, 0.29) is 47.9 Å². The third-order valence-electron chi connectivity index (χ3n) is 5.23. The first-order valence-electron chi connectivity index (χ1n) is 9.87. The first kappa shape index (κ1) is 24.2. The van der Waals surface area contributed by atoms with Gasteiger partial charge in [0.2, 0.25) is 10.0 Å². The fourth-order valence-electron chi connectivity index (χ4n) is 3.62. The van der Waals surface area contributed by atoms with E-state index in [0.29, 0.717) is 6.07 Å². The number of hydrogen-bond donors (Lipinski definition) is 2. The zero-order valence-corrected chi connectivity index (χ0v) is 18.8. The van der Waals surface area contributed by atoms with E-state index in [0.717, 1.165) is 22.6 Å². The SMILES string of the molecule is O=C(O)c1cccc(C(F)(F)F)c1Nc1c(S(=O)(=O)N2CCOCC2)cnc2ccc(Cl)cc12. The van der Waals surface area contributed by atoms with Gasteiger partial charge >= 0.3 is 12.1 Å². The molecule has 4 rings (SSSR count). The molecule has 1 fully saturated rings. The number of carboxylic acids is 1. The van der Waals surface area contributed by atoms with E-state index in [9.17, 15) is 31.5 Å². The fourth-order valence-corrected chi connectivity index (χ4v) is 5.31. The molecular weight excluding hydrogens is 499 g/mol. The molecule has 0 unspecified atom stereocenters. The van der Waals surface area contributed by atoms with Crippen molar-refractivity contribution >= 4 is 49.9 Å². The minimum absolute atomic E-state index is 0.0366. The molecule has 1 aliphatic heterocycles. The number of aromatic nitrogens is 1. The number of nitrogens with one attached hydrogen (secondary N) is 1. The number of carbonyl (C=O) groups is 1. The first-order chi connectivity index (χ1) is 16.0. The number of benzene rings is 2. The summed E-state index contributed by atoms with van der Waals surface area (Å²) in [7, 11) is -4.24. The maximum atomic E-state index is 13.8. The molecule has 34 heavy (non-hydrogen) atoms. The topological polar surface area (TPSA) is 109 Å². The van der Waals surface area contributed by atoms with Gasteiger partial charge in [-0.05, 0) is 30.3 Å². The maximum Gasteiger partial charge on any atom is 0.418 e. The van der Waals surface area contributed by atoms with Gasteiger partial charge in [0, 0.05) is 29.7 Å². The number of pyridine rings is 1. The predicted octanol–water partition coefficient (Wildman–Crippen LogP) is 4.37. The Morgan fingerprint density at radius 1 is 1.15 bits per heavy atom. The lowest BCUT2D eigenvalue weighted by molar-refractivity contribution is -0.136. The second-order valence-electron chi connectivity index (χ2n) is 7.33. The van der Waals surface area contributed by atoms with Crippen LogP contribution < -0.4 is 5.32 Å². The van der Waals surface area contributed by atoms with Gasteiger partial charge in [0.25, 0.3) is 0 Å². The summed E-state index contributed by atoms with van der Waals surface area (Å²) in [5, 5.41) is 12.3. The van der Waals surface area contributed by atoms with E-state index in [1.54, 1.807) is 0 Å². The number of fused-ring (bicyclic) bond motifs is 1. The Hall–Kier alpha value is -2.93. The van der Waals surface area contributed by atoms with Gasteiger partial charge in [-0.15, -0.1) is 0 Å². The van der Waals surface area contributed by atoms with Gasteiger partial charge in [-0.25, -0.2) is 13.2 Å². The van der Waals surface area contributed by atoms with Crippen molar-refractivity contribution in [2.75, 3.05) is 31.6 Å². The molecule has 0 radical (unpaired) electrons. The van der Waals surface area contributed by atoms with Crippen molar-refractivity contribution in [3.05, 3.63) is 58.7 Å². The van der Waals surface area contributed by atoms with Crippen molar-refractivity contribution in [3.63, 3.8) is 0 Å². The van der Waals surface area contributed by atoms with Gasteiger partial charge in [0.1, 0.15) is 4.90 Å². The Labute approximate surface area is 197 Å². The average molecular weight is 516 g/mol. The normalized spacial score (nSPS) is 15.4. The number of halogens is 4. The minimum Gasteiger partial charge on any atom is -0.478 e. The number of morpholine rings is 1. The van der Waals surface area contributed by atoms with Gasteiger partial charge in [-0.3, -0.25) is 4.98 Å². The monoisotopic (exact) mass is 515 g/mol. The summed E-state index contributed by atoms with van der Waals surface area (Å²) in [5.41, 5.74) is -2.77. The lowest BCUT2D eigenvalue weighted by Crippen LogP contribution is -2.40. The standard InChI is InChI=1S/C21H17ClF3N3O5S/c22-12-4-5-16-14(10-12)19(17(11-26-16)34(31,32)28-6-8-33-9-7-28)27-18-13(20(29)30)2-1-3-15(18)21(23,24)25/h1-5,10-11H,6-9H2,(H,26,27)(H,29,30). The summed E-state index contributed by atoms with van der Waals surface area (Å²) in [5.74, 6) is -1.62. The van der Waals surface area contributed by atoms with Crippen LogP contribution in [0.5, 0.6) is 0 Å². The van der Waals surface area contributed by atoms with Crippen LogP contribution >= 0.6 is 11.6 Å². The highest BCUT2D eigenvalue weighted by atomic mass is 35.5. The summed E-state index contributed by atoms with van der Waals surface area (Å²) >= 11 is 6.09. The van der Waals surface area contributed by atoms with Crippen molar-refractivity contribution in [2.24, 2.45) is 0 Å². The molecule has 0 saturated carbocycles. The van der Waals surface area contributed by atoms with Crippen LogP contribution in [0.4, 0.5) is 24.5 Å². The molecular formula is C21H17ClF3N3O5S. The van der Waals surface area contributed by atoms with Crippen LogP contribution in [-0.2, 0) is 20.9 Å². The lowest BCUT2D eigenvalue weighted by Gasteiger charge is -2.27. The number of aromatic carboxylic acids is 1. The Morgan fingerprint density at radius 3 is 2.50 bits per heavy atom. The number of sulfonamides is 1. The van der Waals surface area contributed by atoms with Crippen molar-refractivity contribution in [1.82, 2.24) is 9.29 Å². The highest BCUT2D eigenvalue weighted by Crippen LogP contribution is 2.41. The van der Waals surface area contributed by atoms with Crippen LogP contribution in [0.15, 0.2) is 47.5 Å². The third-order valence-corrected chi connectivity index (χ3v) is 7.38. The van der Waals surface area contributed by atoms with Crippen LogP contribution in [0.2, 0.25) is 5.02 Å². The number of hydrogen-bond acceptors (Lipinski definition) is 6. The van der Waals surface area contributed by atoms with Crippen molar-refractivity contribution in [1.29, 1.82) is 0 Å². The Kier molecular flexibility index (Phi) is 6.42. The van der Waals surface area contributed by atoms with Gasteiger partial charge < -0.3 is 15.2 Å². The summed E-state index contributed by atoms with van der Waals surface area (Å²) in [6, 6.07) is 6.98. The number of ether oxygens (including phenoxy) is 1. The molecule has 3 aromatic rings. The molecule has 180 valence electrons. The lowest BCUT2D eigenvalue weighted by atomic mass is 10.1. The van der Waals surface area contributed by atoms with Crippen LogP contribution in [0.3, 0.4) is 0 Å². The molecule has 1 aliphatic rings. The zero-order chi connectivity index (χ0) is 24.7. The number of nitrogens with zero attached hydrogens (tertiary/aromatic N) is 2. The van der Waals surface area contributed by atoms with E-state index in [4.69, 9.17) is 16.3 Å². The number of alkyl halides is 3. The van der Waals surface area contributed by atoms with E-state index >= 15 is 0 Å². The van der Waals surface area contributed by atoms with Crippen LogP contribution in [0.25, 0.3) is 10.9 Å². The molecule has 1 saturated heterocycles. The summed E-state index contributed by atoms with van der Waals surface area (Å²) in [6.45, 7) is 0.369. The van der Waals surface area contributed by atoms with E-state index in [1.807, 2.05) is 0 Å². The average Bonchev–Trinajstić information content (AvgIpc) is 2.79. The highest BCUT2D eigenvalue weighted by Gasteiger charge is 2.37. The smallest absolute Gasteiger partial charge is 0.418 e. The number of para-hydroxylation sites is 1. The molecule has 2 N–H and O–H groups in total. The number of anilines is 2. The third kappa shape index (κ3) is 4.53. The number of carboxylic acid groups (broad SMARTS) is 1. The predicted molar refractivity (Wildman–Crippen MR) is 118 cm³/mol. The van der Waals surface area contributed by atoms with Crippen LogP contribution in [-0.4, -0.2) is 55.1 Å². The van der Waals surface area contributed by atoms with Gasteiger partial charge in [-0.1, -0.05) is 17.7 Å². The quantitative estimate of drug-likeness (QED) is 0.519. The van der Waals surface area contributed by atoms with Crippen molar-refractivity contribution in [3.8, 4) is 0 Å². The summed E-state index contributed by atoms with van der Waals surface area (Å²) in [6.07, 6.45) is -3.89. The van der Waals surface area contributed by atoms with Gasteiger partial charge in [-0.2, -0.15) is 17.5 Å². The van der Waals surface area contributed by atoms with Gasteiger partial charge in [0.05, 0.1) is 41.2 Å². The first-order valence-corrected chi connectivity index (χ1v) is 11.7. The van der Waals surface area contributed by atoms with E-state index in [2.05, 4.69) is 10.3 Å². The molecule has 13 heteroatoms.